The van der Waals surface area contributed by atoms with Gasteiger partial charge in [0.2, 0.25) is 11.0 Å². The standard InChI is InChI=1S/C16H24N4OS/c1-3-6-13(7-4-2)15(21)17-10-8-14-12-22-16(19-14)20-11-5-9-18-20/h5,9,11-13H,3-4,6-8,10H2,1-2H3,(H,17,21). The van der Waals surface area contributed by atoms with Gasteiger partial charge in [0, 0.05) is 36.7 Å². The number of carbonyl (C=O) groups excluding carboxylic acids is 1. The lowest BCUT2D eigenvalue weighted by molar-refractivity contribution is -0.125. The first-order valence-electron chi connectivity index (χ1n) is 7.96. The topological polar surface area (TPSA) is 59.8 Å². The van der Waals surface area contributed by atoms with E-state index in [1.54, 1.807) is 22.2 Å². The summed E-state index contributed by atoms with van der Waals surface area (Å²) in [6.07, 6.45) is 8.43. The van der Waals surface area contributed by atoms with Crippen molar-refractivity contribution in [2.24, 2.45) is 5.92 Å². The average Bonchev–Trinajstić information content (AvgIpc) is 3.17. The highest BCUT2D eigenvalue weighted by atomic mass is 32.1. The van der Waals surface area contributed by atoms with Crippen LogP contribution in [0.1, 0.15) is 45.2 Å². The predicted octanol–water partition coefficient (Wildman–Crippen LogP) is 3.20. The van der Waals surface area contributed by atoms with Crippen LogP contribution in [0.25, 0.3) is 5.13 Å². The largest absolute Gasteiger partial charge is 0.355 e. The first-order valence-corrected chi connectivity index (χ1v) is 8.84. The molecule has 0 spiro atoms. The third-order valence-electron chi connectivity index (χ3n) is 3.57. The number of rotatable bonds is 9. The molecule has 0 saturated carbocycles. The second kappa shape index (κ2) is 8.68. The minimum atomic E-state index is 0.157. The molecule has 0 bridgehead atoms. The van der Waals surface area contributed by atoms with E-state index in [1.807, 2.05) is 17.6 Å². The van der Waals surface area contributed by atoms with E-state index < -0.39 is 0 Å². The van der Waals surface area contributed by atoms with E-state index >= 15 is 0 Å². The molecule has 1 amide bonds. The summed E-state index contributed by atoms with van der Waals surface area (Å²) in [5.74, 6) is 0.344. The molecule has 0 aliphatic rings. The Morgan fingerprint density at radius 2 is 2.14 bits per heavy atom. The van der Waals surface area contributed by atoms with Crippen LogP contribution in [-0.4, -0.2) is 27.2 Å². The second-order valence-corrected chi connectivity index (χ2v) is 6.22. The van der Waals surface area contributed by atoms with Gasteiger partial charge in [-0.15, -0.1) is 11.3 Å². The van der Waals surface area contributed by atoms with Crippen LogP contribution in [0.3, 0.4) is 0 Å². The van der Waals surface area contributed by atoms with Gasteiger partial charge in [0.25, 0.3) is 0 Å². The van der Waals surface area contributed by atoms with E-state index in [4.69, 9.17) is 0 Å². The molecule has 0 aliphatic carbocycles. The van der Waals surface area contributed by atoms with Crippen molar-refractivity contribution in [1.82, 2.24) is 20.1 Å². The quantitative estimate of drug-likeness (QED) is 0.772. The van der Waals surface area contributed by atoms with Gasteiger partial charge in [0.05, 0.1) is 5.69 Å². The molecule has 0 aromatic carbocycles. The summed E-state index contributed by atoms with van der Waals surface area (Å²) in [6.45, 7) is 4.90. The monoisotopic (exact) mass is 320 g/mol. The first-order chi connectivity index (χ1) is 10.7. The Labute approximate surface area is 135 Å². The van der Waals surface area contributed by atoms with Crippen LogP contribution in [0, 0.1) is 5.92 Å². The zero-order valence-corrected chi connectivity index (χ0v) is 14.1. The number of amides is 1. The molecule has 5 nitrogen and oxygen atoms in total. The van der Waals surface area contributed by atoms with Crippen LogP contribution in [0.4, 0.5) is 0 Å². The number of nitrogens with zero attached hydrogens (tertiary/aromatic N) is 3. The van der Waals surface area contributed by atoms with Crippen molar-refractivity contribution in [3.63, 3.8) is 0 Å². The normalized spacial score (nSPS) is 11.0. The smallest absolute Gasteiger partial charge is 0.223 e. The molecule has 6 heteroatoms. The fourth-order valence-electron chi connectivity index (χ4n) is 2.46. The fraction of sp³-hybridized carbons (Fsp3) is 0.562. The third kappa shape index (κ3) is 4.66. The van der Waals surface area contributed by atoms with Crippen LogP contribution in [0.2, 0.25) is 0 Å². The highest BCUT2D eigenvalue weighted by molar-refractivity contribution is 7.12. The Kier molecular flexibility index (Phi) is 6.58. The van der Waals surface area contributed by atoms with Crippen molar-refractivity contribution >= 4 is 17.2 Å². The number of aromatic nitrogens is 3. The van der Waals surface area contributed by atoms with Crippen molar-refractivity contribution in [1.29, 1.82) is 0 Å². The molecule has 1 N–H and O–H groups in total. The number of carbonyl (C=O) groups is 1. The average molecular weight is 320 g/mol. The van der Waals surface area contributed by atoms with Crippen LogP contribution in [0.5, 0.6) is 0 Å². The van der Waals surface area contributed by atoms with E-state index in [0.29, 0.717) is 6.54 Å². The molecular formula is C16H24N4OS. The van der Waals surface area contributed by atoms with E-state index in [9.17, 15) is 4.79 Å². The molecular weight excluding hydrogens is 296 g/mol. The molecule has 22 heavy (non-hydrogen) atoms. The predicted molar refractivity (Wildman–Crippen MR) is 89.3 cm³/mol. The number of hydrogen-bond donors (Lipinski definition) is 1. The molecule has 0 saturated heterocycles. The van der Waals surface area contributed by atoms with Crippen LogP contribution >= 0.6 is 11.3 Å². The van der Waals surface area contributed by atoms with Crippen molar-refractivity contribution in [2.75, 3.05) is 6.54 Å². The van der Waals surface area contributed by atoms with Crippen LogP contribution < -0.4 is 5.32 Å². The van der Waals surface area contributed by atoms with E-state index in [2.05, 4.69) is 29.2 Å². The highest BCUT2D eigenvalue weighted by Crippen LogP contribution is 2.15. The molecule has 0 atom stereocenters. The van der Waals surface area contributed by atoms with Crippen molar-refractivity contribution in [2.45, 2.75) is 46.0 Å². The summed E-state index contributed by atoms with van der Waals surface area (Å²) >= 11 is 1.57. The minimum Gasteiger partial charge on any atom is -0.355 e. The van der Waals surface area contributed by atoms with Gasteiger partial charge in [-0.25, -0.2) is 9.67 Å². The summed E-state index contributed by atoms with van der Waals surface area (Å²) in [5.41, 5.74) is 0.998. The van der Waals surface area contributed by atoms with E-state index in [0.717, 1.165) is 42.9 Å². The maximum absolute atomic E-state index is 12.2. The first kappa shape index (κ1) is 16.7. The Morgan fingerprint density at radius 3 is 2.77 bits per heavy atom. The second-order valence-electron chi connectivity index (χ2n) is 5.39. The lowest BCUT2D eigenvalue weighted by Gasteiger charge is -2.14. The molecule has 0 aliphatic heterocycles. The summed E-state index contributed by atoms with van der Waals surface area (Å²) in [7, 11) is 0. The summed E-state index contributed by atoms with van der Waals surface area (Å²) in [6, 6.07) is 1.88. The van der Waals surface area contributed by atoms with Crippen LogP contribution in [0.15, 0.2) is 23.8 Å². The van der Waals surface area contributed by atoms with E-state index in [-0.39, 0.29) is 11.8 Å². The Morgan fingerprint density at radius 1 is 1.36 bits per heavy atom. The lowest BCUT2D eigenvalue weighted by atomic mass is 9.97. The van der Waals surface area contributed by atoms with Crippen molar-refractivity contribution < 1.29 is 4.79 Å². The molecule has 0 fully saturated rings. The molecule has 2 rings (SSSR count). The third-order valence-corrected chi connectivity index (χ3v) is 4.44. The van der Waals surface area contributed by atoms with Gasteiger partial charge in [0.1, 0.15) is 0 Å². The molecule has 0 radical (unpaired) electrons. The maximum atomic E-state index is 12.2. The van der Waals surface area contributed by atoms with Crippen LogP contribution in [-0.2, 0) is 11.2 Å². The lowest BCUT2D eigenvalue weighted by Crippen LogP contribution is -2.32. The zero-order chi connectivity index (χ0) is 15.8. The Hall–Kier alpha value is -1.69. The van der Waals surface area contributed by atoms with Gasteiger partial charge in [0.15, 0.2) is 0 Å². The van der Waals surface area contributed by atoms with Gasteiger partial charge in [-0.05, 0) is 18.9 Å². The minimum absolute atomic E-state index is 0.157. The maximum Gasteiger partial charge on any atom is 0.223 e. The summed E-state index contributed by atoms with van der Waals surface area (Å²) in [5, 5.41) is 10.1. The molecule has 2 aromatic rings. The molecule has 2 aromatic heterocycles. The molecule has 120 valence electrons. The Balaban J connectivity index is 1.79. The van der Waals surface area contributed by atoms with Gasteiger partial charge >= 0.3 is 0 Å². The SMILES string of the molecule is CCCC(CCC)C(=O)NCCc1csc(-n2cccn2)n1. The number of hydrogen-bond acceptors (Lipinski definition) is 4. The fourth-order valence-corrected chi connectivity index (χ4v) is 3.26. The van der Waals surface area contributed by atoms with Gasteiger partial charge in [-0.3, -0.25) is 4.79 Å². The zero-order valence-electron chi connectivity index (χ0n) is 13.3. The highest BCUT2D eigenvalue weighted by Gasteiger charge is 2.16. The van der Waals surface area contributed by atoms with E-state index in [1.165, 1.54) is 0 Å². The van der Waals surface area contributed by atoms with Gasteiger partial charge in [-0.1, -0.05) is 26.7 Å². The molecule has 2 heterocycles. The van der Waals surface area contributed by atoms with Gasteiger partial charge in [-0.2, -0.15) is 5.10 Å². The summed E-state index contributed by atoms with van der Waals surface area (Å²) < 4.78 is 1.76. The van der Waals surface area contributed by atoms with Crippen molar-refractivity contribution in [3.05, 3.63) is 29.5 Å². The molecule has 0 unspecified atom stereocenters. The summed E-state index contributed by atoms with van der Waals surface area (Å²) in [4.78, 5) is 16.7. The Bertz CT molecular complexity index is 558. The number of thiazole rings is 1. The number of nitrogens with one attached hydrogen (secondary N) is 1. The van der Waals surface area contributed by atoms with Gasteiger partial charge < -0.3 is 5.32 Å². The van der Waals surface area contributed by atoms with Crippen molar-refractivity contribution in [3.8, 4) is 5.13 Å².